The summed E-state index contributed by atoms with van der Waals surface area (Å²) in [4.78, 5) is 26.8. The molecule has 0 saturated heterocycles. The number of halogens is 1. The van der Waals surface area contributed by atoms with E-state index in [4.69, 9.17) is 21.1 Å². The molecule has 0 radical (unpaired) electrons. The highest BCUT2D eigenvalue weighted by atomic mass is 35.5. The highest BCUT2D eigenvalue weighted by molar-refractivity contribution is 6.30. The molecule has 2 aromatic rings. The van der Waals surface area contributed by atoms with Crippen LogP contribution < -0.4 is 14.8 Å². The van der Waals surface area contributed by atoms with E-state index in [1.54, 1.807) is 38.4 Å². The van der Waals surface area contributed by atoms with Crippen molar-refractivity contribution in [2.75, 3.05) is 20.8 Å². The van der Waals surface area contributed by atoms with Gasteiger partial charge >= 0.3 is 0 Å². The molecule has 0 fully saturated rings. The molecule has 2 amide bonds. The lowest BCUT2D eigenvalue weighted by molar-refractivity contribution is -0.142. The SMILES string of the molecule is CC[C@H](C(=O)NC)N(Cc1ccc(OC)cc1)C(=O)COc1ccc(Cl)cc1. The van der Waals surface area contributed by atoms with E-state index >= 15 is 0 Å². The molecule has 2 rings (SSSR count). The van der Waals surface area contributed by atoms with Crippen molar-refractivity contribution in [3.05, 3.63) is 59.1 Å². The van der Waals surface area contributed by atoms with Crippen molar-refractivity contribution in [3.8, 4) is 11.5 Å². The second-order valence-electron chi connectivity index (χ2n) is 6.15. The fourth-order valence-corrected chi connectivity index (χ4v) is 2.90. The quantitative estimate of drug-likeness (QED) is 0.696. The lowest BCUT2D eigenvalue weighted by atomic mass is 10.1. The van der Waals surface area contributed by atoms with Crippen LogP contribution in [0.4, 0.5) is 0 Å². The second kappa shape index (κ2) is 10.6. The Balaban J connectivity index is 2.16. The van der Waals surface area contributed by atoms with Crippen LogP contribution in [-0.4, -0.2) is 43.5 Å². The maximum absolute atomic E-state index is 12.9. The van der Waals surface area contributed by atoms with Gasteiger partial charge in [-0.25, -0.2) is 0 Å². The van der Waals surface area contributed by atoms with E-state index in [9.17, 15) is 9.59 Å². The number of ether oxygens (including phenoxy) is 2. The van der Waals surface area contributed by atoms with Crippen molar-refractivity contribution in [2.45, 2.75) is 25.9 Å². The summed E-state index contributed by atoms with van der Waals surface area (Å²) >= 11 is 5.86. The van der Waals surface area contributed by atoms with Crippen LogP contribution in [0.25, 0.3) is 0 Å². The predicted molar refractivity (Wildman–Crippen MR) is 109 cm³/mol. The summed E-state index contributed by atoms with van der Waals surface area (Å²) in [5.41, 5.74) is 0.892. The fourth-order valence-electron chi connectivity index (χ4n) is 2.77. The lowest BCUT2D eigenvalue weighted by Crippen LogP contribution is -2.49. The second-order valence-corrected chi connectivity index (χ2v) is 6.59. The maximum atomic E-state index is 12.9. The highest BCUT2D eigenvalue weighted by Crippen LogP contribution is 2.18. The molecule has 1 N–H and O–H groups in total. The van der Waals surface area contributed by atoms with E-state index in [2.05, 4.69) is 5.32 Å². The number of nitrogens with zero attached hydrogens (tertiary/aromatic N) is 1. The van der Waals surface area contributed by atoms with E-state index in [0.717, 1.165) is 11.3 Å². The van der Waals surface area contributed by atoms with Gasteiger partial charge in [-0.05, 0) is 48.4 Å². The monoisotopic (exact) mass is 404 g/mol. The Hall–Kier alpha value is -2.73. The molecular formula is C21H25ClN2O4. The Morgan fingerprint density at radius 1 is 1.07 bits per heavy atom. The standard InChI is InChI=1S/C21H25ClN2O4/c1-4-19(21(26)23-2)24(13-15-5-9-17(27-3)10-6-15)20(25)14-28-18-11-7-16(22)8-12-18/h5-12,19H,4,13-14H2,1-3H3,(H,23,26)/t19-/m1/s1. The zero-order valence-corrected chi connectivity index (χ0v) is 17.0. The number of rotatable bonds is 9. The number of hydrogen-bond donors (Lipinski definition) is 1. The van der Waals surface area contributed by atoms with Gasteiger partial charge < -0.3 is 19.7 Å². The summed E-state index contributed by atoms with van der Waals surface area (Å²) in [5, 5.41) is 3.22. The van der Waals surface area contributed by atoms with Crippen LogP contribution >= 0.6 is 11.6 Å². The van der Waals surface area contributed by atoms with Crippen molar-refractivity contribution < 1.29 is 19.1 Å². The Bertz CT molecular complexity index is 778. The molecule has 0 spiro atoms. The van der Waals surface area contributed by atoms with E-state index in [-0.39, 0.29) is 18.4 Å². The minimum atomic E-state index is -0.589. The van der Waals surface area contributed by atoms with Crippen LogP contribution in [0.5, 0.6) is 11.5 Å². The lowest BCUT2D eigenvalue weighted by Gasteiger charge is -2.30. The summed E-state index contributed by atoms with van der Waals surface area (Å²) in [6.45, 7) is 1.98. The molecule has 0 bridgehead atoms. The number of hydrogen-bond acceptors (Lipinski definition) is 4. The number of nitrogens with one attached hydrogen (secondary N) is 1. The first kappa shape index (κ1) is 21.6. The first-order valence-electron chi connectivity index (χ1n) is 9.00. The third-order valence-corrected chi connectivity index (χ3v) is 4.57. The van der Waals surface area contributed by atoms with E-state index < -0.39 is 6.04 Å². The maximum Gasteiger partial charge on any atom is 0.261 e. The Morgan fingerprint density at radius 2 is 1.68 bits per heavy atom. The van der Waals surface area contributed by atoms with Gasteiger partial charge in [0.25, 0.3) is 5.91 Å². The van der Waals surface area contributed by atoms with Gasteiger partial charge in [0, 0.05) is 18.6 Å². The first-order chi connectivity index (χ1) is 13.5. The molecule has 1 atom stereocenters. The highest BCUT2D eigenvalue weighted by Gasteiger charge is 2.28. The number of carbonyl (C=O) groups excluding carboxylic acids is 2. The molecule has 28 heavy (non-hydrogen) atoms. The summed E-state index contributed by atoms with van der Waals surface area (Å²) < 4.78 is 10.8. The molecule has 0 aliphatic carbocycles. The molecule has 2 aromatic carbocycles. The van der Waals surface area contributed by atoms with Gasteiger partial charge in [0.15, 0.2) is 6.61 Å². The first-order valence-corrected chi connectivity index (χ1v) is 9.38. The van der Waals surface area contributed by atoms with Crippen LogP contribution in [0.3, 0.4) is 0 Å². The molecule has 0 unspecified atom stereocenters. The van der Waals surface area contributed by atoms with Gasteiger partial charge in [-0.15, -0.1) is 0 Å². The molecule has 6 nitrogen and oxygen atoms in total. The molecule has 0 heterocycles. The van der Waals surface area contributed by atoms with Gasteiger partial charge in [-0.3, -0.25) is 9.59 Å². The average molecular weight is 405 g/mol. The number of carbonyl (C=O) groups is 2. The Morgan fingerprint density at radius 3 is 2.21 bits per heavy atom. The Kier molecular flexibility index (Phi) is 8.14. The number of likely N-dealkylation sites (N-methyl/N-ethyl adjacent to an activating group) is 1. The van der Waals surface area contributed by atoms with Crippen molar-refractivity contribution in [2.24, 2.45) is 0 Å². The van der Waals surface area contributed by atoms with Gasteiger partial charge in [-0.2, -0.15) is 0 Å². The van der Waals surface area contributed by atoms with Crippen molar-refractivity contribution in [3.63, 3.8) is 0 Å². The van der Waals surface area contributed by atoms with Crippen molar-refractivity contribution >= 4 is 23.4 Å². The fraction of sp³-hybridized carbons (Fsp3) is 0.333. The van der Waals surface area contributed by atoms with Gasteiger partial charge in [0.1, 0.15) is 17.5 Å². The topological polar surface area (TPSA) is 67.9 Å². The largest absolute Gasteiger partial charge is 0.497 e. The van der Waals surface area contributed by atoms with Crippen LogP contribution in [0.15, 0.2) is 48.5 Å². The minimum absolute atomic E-state index is 0.175. The number of benzene rings is 2. The smallest absolute Gasteiger partial charge is 0.261 e. The zero-order valence-electron chi connectivity index (χ0n) is 16.3. The summed E-state index contributed by atoms with van der Waals surface area (Å²) in [6, 6.07) is 13.6. The van der Waals surface area contributed by atoms with Crippen LogP contribution in [0.1, 0.15) is 18.9 Å². The normalized spacial score (nSPS) is 11.4. The molecule has 0 aromatic heterocycles. The summed E-state index contributed by atoms with van der Waals surface area (Å²) in [5.74, 6) is 0.776. The summed E-state index contributed by atoms with van der Waals surface area (Å²) in [7, 11) is 3.16. The van der Waals surface area contributed by atoms with Crippen LogP contribution in [0, 0.1) is 0 Å². The predicted octanol–water partition coefficient (Wildman–Crippen LogP) is 3.28. The minimum Gasteiger partial charge on any atom is -0.497 e. The molecular weight excluding hydrogens is 380 g/mol. The third kappa shape index (κ3) is 5.89. The Labute approximate surface area is 170 Å². The van der Waals surface area contributed by atoms with Crippen molar-refractivity contribution in [1.29, 1.82) is 0 Å². The van der Waals surface area contributed by atoms with E-state index in [0.29, 0.717) is 23.7 Å². The average Bonchev–Trinajstić information content (AvgIpc) is 2.73. The van der Waals surface area contributed by atoms with Crippen molar-refractivity contribution in [1.82, 2.24) is 10.2 Å². The van der Waals surface area contributed by atoms with E-state index in [1.807, 2.05) is 31.2 Å². The van der Waals surface area contributed by atoms with Gasteiger partial charge in [0.05, 0.1) is 7.11 Å². The molecule has 150 valence electrons. The third-order valence-electron chi connectivity index (χ3n) is 4.32. The molecule has 0 aliphatic heterocycles. The molecule has 0 saturated carbocycles. The van der Waals surface area contributed by atoms with E-state index in [1.165, 1.54) is 4.90 Å². The van der Waals surface area contributed by atoms with Gasteiger partial charge in [0.2, 0.25) is 5.91 Å². The zero-order chi connectivity index (χ0) is 20.5. The number of methoxy groups -OCH3 is 1. The molecule has 7 heteroatoms. The summed E-state index contributed by atoms with van der Waals surface area (Å²) in [6.07, 6.45) is 0.489. The molecule has 0 aliphatic rings. The van der Waals surface area contributed by atoms with Gasteiger partial charge in [-0.1, -0.05) is 30.7 Å². The van der Waals surface area contributed by atoms with Crippen LogP contribution in [0.2, 0.25) is 5.02 Å². The number of amides is 2. The van der Waals surface area contributed by atoms with Crippen LogP contribution in [-0.2, 0) is 16.1 Å².